The number of aliphatic hydroxyl groups is 1. The third-order valence-electron chi connectivity index (χ3n) is 3.61. The minimum Gasteiger partial charge on any atom is -0.392 e. The Morgan fingerprint density at radius 3 is 2.42 bits per heavy atom. The van der Waals surface area contributed by atoms with Gasteiger partial charge in [-0.3, -0.25) is 0 Å². The Morgan fingerprint density at radius 1 is 1.50 bits per heavy atom. The molecular formula is C10H19NO. The summed E-state index contributed by atoms with van der Waals surface area (Å²) in [6.07, 6.45) is 4.62. The van der Waals surface area contributed by atoms with Crippen LogP contribution in [-0.2, 0) is 0 Å². The fourth-order valence-electron chi connectivity index (χ4n) is 2.77. The van der Waals surface area contributed by atoms with Gasteiger partial charge in [0.2, 0.25) is 0 Å². The average Bonchev–Trinajstić information content (AvgIpc) is 2.79. The summed E-state index contributed by atoms with van der Waals surface area (Å²) in [6.45, 7) is 2.92. The van der Waals surface area contributed by atoms with Gasteiger partial charge in [-0.2, -0.15) is 0 Å². The van der Waals surface area contributed by atoms with Gasteiger partial charge in [-0.1, -0.05) is 6.92 Å². The summed E-state index contributed by atoms with van der Waals surface area (Å²) in [5, 5.41) is 10.00. The van der Waals surface area contributed by atoms with Crippen LogP contribution in [-0.4, -0.2) is 17.8 Å². The van der Waals surface area contributed by atoms with Crippen molar-refractivity contribution in [1.29, 1.82) is 0 Å². The van der Waals surface area contributed by atoms with E-state index in [1.54, 1.807) is 0 Å². The molecule has 0 spiro atoms. The Morgan fingerprint density at radius 2 is 2.08 bits per heavy atom. The highest BCUT2D eigenvalue weighted by molar-refractivity contribution is 5.02. The third-order valence-corrected chi connectivity index (χ3v) is 3.61. The van der Waals surface area contributed by atoms with Crippen molar-refractivity contribution in [2.45, 2.75) is 38.7 Å². The number of nitrogens with two attached hydrogens (primary N) is 1. The zero-order valence-corrected chi connectivity index (χ0v) is 7.79. The first-order valence-electron chi connectivity index (χ1n) is 5.06. The summed E-state index contributed by atoms with van der Waals surface area (Å²) in [5.74, 6) is 1.36. The summed E-state index contributed by atoms with van der Waals surface area (Å²) in [7, 11) is 0. The quantitative estimate of drug-likeness (QED) is 0.665. The van der Waals surface area contributed by atoms with Crippen LogP contribution in [0.1, 0.15) is 32.6 Å². The van der Waals surface area contributed by atoms with E-state index in [0.717, 1.165) is 18.8 Å². The van der Waals surface area contributed by atoms with Gasteiger partial charge in [0.1, 0.15) is 0 Å². The molecule has 0 aliphatic heterocycles. The topological polar surface area (TPSA) is 46.2 Å². The molecule has 0 saturated heterocycles. The normalized spacial score (nSPS) is 43.8. The van der Waals surface area contributed by atoms with Gasteiger partial charge in [0.15, 0.2) is 0 Å². The van der Waals surface area contributed by atoms with E-state index in [-0.39, 0.29) is 11.5 Å². The molecule has 0 aromatic carbocycles. The zero-order valence-electron chi connectivity index (χ0n) is 7.79. The molecule has 1 atom stereocenters. The van der Waals surface area contributed by atoms with Crippen LogP contribution in [0.25, 0.3) is 0 Å². The molecule has 0 heterocycles. The van der Waals surface area contributed by atoms with Crippen LogP contribution in [0.15, 0.2) is 0 Å². The molecule has 2 aliphatic carbocycles. The second-order valence-electron chi connectivity index (χ2n) is 4.86. The molecule has 2 nitrogen and oxygen atoms in total. The van der Waals surface area contributed by atoms with Crippen molar-refractivity contribution >= 4 is 0 Å². The van der Waals surface area contributed by atoms with E-state index in [0.29, 0.717) is 12.5 Å². The first-order valence-corrected chi connectivity index (χ1v) is 5.06. The predicted molar refractivity (Wildman–Crippen MR) is 48.6 cm³/mol. The molecule has 2 fully saturated rings. The van der Waals surface area contributed by atoms with Crippen molar-refractivity contribution < 1.29 is 5.11 Å². The Labute approximate surface area is 74.1 Å². The second kappa shape index (κ2) is 2.71. The van der Waals surface area contributed by atoms with E-state index in [1.165, 1.54) is 12.8 Å². The Bertz CT molecular complexity index is 171. The van der Waals surface area contributed by atoms with Crippen LogP contribution in [0.3, 0.4) is 0 Å². The van der Waals surface area contributed by atoms with Gasteiger partial charge >= 0.3 is 0 Å². The van der Waals surface area contributed by atoms with Crippen molar-refractivity contribution in [2.75, 3.05) is 6.54 Å². The van der Waals surface area contributed by atoms with Crippen molar-refractivity contribution in [3.05, 3.63) is 0 Å². The van der Waals surface area contributed by atoms with E-state index in [9.17, 15) is 5.11 Å². The average molecular weight is 169 g/mol. The first kappa shape index (κ1) is 8.52. The van der Waals surface area contributed by atoms with Crippen LogP contribution in [0, 0.1) is 17.3 Å². The van der Waals surface area contributed by atoms with Crippen molar-refractivity contribution in [2.24, 2.45) is 23.0 Å². The van der Waals surface area contributed by atoms with E-state index in [2.05, 4.69) is 6.92 Å². The highest BCUT2D eigenvalue weighted by Crippen LogP contribution is 2.53. The first-order chi connectivity index (χ1) is 5.68. The van der Waals surface area contributed by atoms with Gasteiger partial charge in [-0.05, 0) is 37.5 Å². The highest BCUT2D eigenvalue weighted by Gasteiger charge is 2.51. The Hall–Kier alpha value is -0.0800. The molecule has 0 amide bonds. The van der Waals surface area contributed by atoms with Gasteiger partial charge < -0.3 is 10.8 Å². The standard InChI is InChI=1S/C10H19NO/c1-7-4-10(5-7,6-11)9(12)8-2-3-8/h7-9,12H,2-6,11H2,1H3/t7?,9-,10?/m1/s1. The summed E-state index contributed by atoms with van der Waals surface area (Å²) in [5.41, 5.74) is 5.85. The van der Waals surface area contributed by atoms with Crippen molar-refractivity contribution in [3.63, 3.8) is 0 Å². The third kappa shape index (κ3) is 1.17. The molecule has 0 unspecified atom stereocenters. The monoisotopic (exact) mass is 169 g/mol. The molecule has 3 N–H and O–H groups in total. The summed E-state index contributed by atoms with van der Waals surface area (Å²) >= 11 is 0. The van der Waals surface area contributed by atoms with Crippen molar-refractivity contribution in [1.82, 2.24) is 0 Å². The lowest BCUT2D eigenvalue weighted by molar-refractivity contribution is -0.0688. The van der Waals surface area contributed by atoms with Gasteiger partial charge in [-0.25, -0.2) is 0 Å². The SMILES string of the molecule is CC1CC(CN)([C@H](O)C2CC2)C1. The maximum Gasteiger partial charge on any atom is 0.0636 e. The van der Waals surface area contributed by atoms with Gasteiger partial charge in [0.05, 0.1) is 6.10 Å². The molecule has 0 aromatic heterocycles. The molecule has 2 heteroatoms. The molecule has 0 aromatic rings. The van der Waals surface area contributed by atoms with E-state index >= 15 is 0 Å². The number of hydrogen-bond acceptors (Lipinski definition) is 2. The van der Waals surface area contributed by atoms with Crippen LogP contribution in [0.2, 0.25) is 0 Å². The lowest BCUT2D eigenvalue weighted by Crippen LogP contribution is -2.51. The molecule has 2 aliphatic rings. The van der Waals surface area contributed by atoms with E-state index in [1.807, 2.05) is 0 Å². The number of aliphatic hydroxyl groups excluding tert-OH is 1. The molecule has 0 bridgehead atoms. The van der Waals surface area contributed by atoms with Crippen LogP contribution in [0.5, 0.6) is 0 Å². The largest absolute Gasteiger partial charge is 0.392 e. The molecule has 2 rings (SSSR count). The molecular weight excluding hydrogens is 150 g/mol. The van der Waals surface area contributed by atoms with Gasteiger partial charge in [0.25, 0.3) is 0 Å². The molecule has 0 radical (unpaired) electrons. The lowest BCUT2D eigenvalue weighted by atomic mass is 9.59. The lowest BCUT2D eigenvalue weighted by Gasteiger charge is -2.49. The Kier molecular flexibility index (Phi) is 1.92. The summed E-state index contributed by atoms with van der Waals surface area (Å²) in [4.78, 5) is 0. The molecule has 12 heavy (non-hydrogen) atoms. The Balaban J connectivity index is 1.97. The number of rotatable bonds is 3. The summed E-state index contributed by atoms with van der Waals surface area (Å²) in [6, 6.07) is 0. The van der Waals surface area contributed by atoms with E-state index < -0.39 is 0 Å². The number of hydrogen-bond donors (Lipinski definition) is 2. The maximum atomic E-state index is 10.00. The minimum atomic E-state index is -0.0984. The van der Waals surface area contributed by atoms with Crippen LogP contribution in [0.4, 0.5) is 0 Å². The van der Waals surface area contributed by atoms with Crippen LogP contribution >= 0.6 is 0 Å². The smallest absolute Gasteiger partial charge is 0.0636 e. The highest BCUT2D eigenvalue weighted by atomic mass is 16.3. The molecule has 2 saturated carbocycles. The minimum absolute atomic E-state index is 0.0984. The van der Waals surface area contributed by atoms with Gasteiger partial charge in [0, 0.05) is 12.0 Å². The molecule has 70 valence electrons. The second-order valence-corrected chi connectivity index (χ2v) is 4.86. The predicted octanol–water partition coefficient (Wildman–Crippen LogP) is 1.13. The maximum absolute atomic E-state index is 10.00. The fraction of sp³-hybridized carbons (Fsp3) is 1.00. The van der Waals surface area contributed by atoms with E-state index in [4.69, 9.17) is 5.73 Å². The van der Waals surface area contributed by atoms with Gasteiger partial charge in [-0.15, -0.1) is 0 Å². The van der Waals surface area contributed by atoms with Crippen LogP contribution < -0.4 is 5.73 Å². The van der Waals surface area contributed by atoms with Crippen molar-refractivity contribution in [3.8, 4) is 0 Å². The fourth-order valence-corrected chi connectivity index (χ4v) is 2.77. The summed E-state index contributed by atoms with van der Waals surface area (Å²) < 4.78 is 0. The zero-order chi connectivity index (χ0) is 8.77.